The van der Waals surface area contributed by atoms with E-state index in [2.05, 4.69) is 6.92 Å². The zero-order chi connectivity index (χ0) is 11.6. The van der Waals surface area contributed by atoms with Gasteiger partial charge in [-0.05, 0) is 18.8 Å². The van der Waals surface area contributed by atoms with Crippen molar-refractivity contribution in [3.8, 4) is 0 Å². The summed E-state index contributed by atoms with van der Waals surface area (Å²) < 4.78 is 5.45. The molecule has 4 atom stereocenters. The van der Waals surface area contributed by atoms with Crippen molar-refractivity contribution in [3.05, 3.63) is 0 Å². The average Bonchev–Trinajstić information content (AvgIpc) is 2.75. The molecule has 3 saturated carbocycles. The van der Waals surface area contributed by atoms with Crippen LogP contribution in [0, 0.1) is 16.7 Å². The third kappa shape index (κ3) is 0.863. The molecule has 3 heteroatoms. The van der Waals surface area contributed by atoms with E-state index in [1.807, 2.05) is 0 Å². The number of ether oxygens (including phenoxy) is 1. The molecule has 0 radical (unpaired) electrons. The lowest BCUT2D eigenvalue weighted by Gasteiger charge is -2.40. The first-order valence-corrected chi connectivity index (χ1v) is 6.15. The molecule has 0 aromatic carbocycles. The van der Waals surface area contributed by atoms with Crippen molar-refractivity contribution >= 4 is 11.6 Å². The number of rotatable bonds is 1. The minimum absolute atomic E-state index is 0.157. The third-order valence-corrected chi connectivity index (χ3v) is 5.51. The first kappa shape index (κ1) is 10.5. The second-order valence-corrected chi connectivity index (χ2v) is 5.84. The van der Waals surface area contributed by atoms with Gasteiger partial charge in [0.15, 0.2) is 5.78 Å². The lowest BCUT2D eigenvalue weighted by atomic mass is 9.65. The number of ketones is 2. The van der Waals surface area contributed by atoms with Crippen molar-refractivity contribution in [3.63, 3.8) is 0 Å². The Balaban J connectivity index is 2.14. The Kier molecular flexibility index (Phi) is 1.93. The minimum atomic E-state index is -0.323. The van der Waals surface area contributed by atoms with Crippen LogP contribution in [0.1, 0.15) is 39.0 Å². The van der Waals surface area contributed by atoms with Crippen molar-refractivity contribution in [1.29, 1.82) is 0 Å². The van der Waals surface area contributed by atoms with Gasteiger partial charge in [-0.25, -0.2) is 0 Å². The highest BCUT2D eigenvalue weighted by Gasteiger charge is 2.72. The number of Topliss-reactive ketones (excluding diaryl/α,β-unsaturated/α-hetero) is 2. The smallest absolute Gasteiger partial charge is 0.162 e. The van der Waals surface area contributed by atoms with Gasteiger partial charge in [0.2, 0.25) is 0 Å². The number of methoxy groups -OCH3 is 1. The highest BCUT2D eigenvalue weighted by Crippen LogP contribution is 2.69. The van der Waals surface area contributed by atoms with Gasteiger partial charge in [0.25, 0.3) is 0 Å². The predicted molar refractivity (Wildman–Crippen MR) is 57.9 cm³/mol. The highest BCUT2D eigenvalue weighted by atomic mass is 16.5. The maximum atomic E-state index is 12.2. The van der Waals surface area contributed by atoms with E-state index >= 15 is 0 Å². The third-order valence-electron chi connectivity index (χ3n) is 5.51. The molecule has 88 valence electrons. The summed E-state index contributed by atoms with van der Waals surface area (Å²) in [5, 5.41) is 0. The minimum Gasteiger partial charge on any atom is -0.373 e. The molecule has 0 aromatic rings. The van der Waals surface area contributed by atoms with Gasteiger partial charge >= 0.3 is 0 Å². The fourth-order valence-electron chi connectivity index (χ4n) is 4.80. The van der Waals surface area contributed by atoms with E-state index in [4.69, 9.17) is 4.74 Å². The Bertz CT molecular complexity index is 375. The van der Waals surface area contributed by atoms with E-state index < -0.39 is 0 Å². The Morgan fingerprint density at radius 3 is 2.69 bits per heavy atom. The topological polar surface area (TPSA) is 43.4 Å². The second-order valence-electron chi connectivity index (χ2n) is 5.84. The first-order chi connectivity index (χ1) is 7.56. The largest absolute Gasteiger partial charge is 0.373 e. The van der Waals surface area contributed by atoms with Crippen LogP contribution in [-0.2, 0) is 14.3 Å². The predicted octanol–water partition coefficient (Wildman–Crippen LogP) is 1.74. The normalized spacial score (nSPS) is 50.9. The number of hydrogen-bond acceptors (Lipinski definition) is 3. The van der Waals surface area contributed by atoms with Crippen molar-refractivity contribution in [2.24, 2.45) is 16.7 Å². The van der Waals surface area contributed by atoms with Crippen molar-refractivity contribution < 1.29 is 14.3 Å². The van der Waals surface area contributed by atoms with Gasteiger partial charge in [0, 0.05) is 30.8 Å². The summed E-state index contributed by atoms with van der Waals surface area (Å²) in [5.41, 5.74) is -0.444. The lowest BCUT2D eigenvalue weighted by molar-refractivity contribution is -0.140. The number of hydrogen-bond donors (Lipinski definition) is 0. The van der Waals surface area contributed by atoms with Gasteiger partial charge in [-0.2, -0.15) is 0 Å². The van der Waals surface area contributed by atoms with Crippen molar-refractivity contribution in [2.45, 2.75) is 45.1 Å². The Labute approximate surface area is 95.5 Å². The van der Waals surface area contributed by atoms with E-state index in [9.17, 15) is 9.59 Å². The van der Waals surface area contributed by atoms with Crippen LogP contribution in [0.5, 0.6) is 0 Å². The summed E-state index contributed by atoms with van der Waals surface area (Å²) in [5.74, 6) is 0.836. The van der Waals surface area contributed by atoms with Crippen LogP contribution >= 0.6 is 0 Å². The van der Waals surface area contributed by atoms with E-state index in [1.165, 1.54) is 0 Å². The maximum Gasteiger partial charge on any atom is 0.162 e. The Hall–Kier alpha value is -0.700. The van der Waals surface area contributed by atoms with Gasteiger partial charge in [0.05, 0.1) is 0 Å². The molecular weight excluding hydrogens is 204 g/mol. The molecule has 3 nitrogen and oxygen atoms in total. The van der Waals surface area contributed by atoms with E-state index in [-0.39, 0.29) is 28.6 Å². The van der Waals surface area contributed by atoms with Crippen LogP contribution in [0.25, 0.3) is 0 Å². The van der Waals surface area contributed by atoms with E-state index in [0.29, 0.717) is 18.6 Å². The molecule has 0 aliphatic heterocycles. The van der Waals surface area contributed by atoms with Crippen LogP contribution < -0.4 is 0 Å². The number of carbonyl (C=O) groups is 2. The van der Waals surface area contributed by atoms with Gasteiger partial charge in [-0.15, -0.1) is 0 Å². The molecule has 0 unspecified atom stereocenters. The van der Waals surface area contributed by atoms with Crippen LogP contribution in [0.3, 0.4) is 0 Å². The molecule has 0 N–H and O–H groups in total. The fourth-order valence-corrected chi connectivity index (χ4v) is 4.80. The zero-order valence-electron chi connectivity index (χ0n) is 9.91. The monoisotopic (exact) mass is 222 g/mol. The molecule has 3 rings (SSSR count). The molecule has 0 bridgehead atoms. The Morgan fingerprint density at radius 2 is 2.00 bits per heavy atom. The molecular formula is C13H18O3. The molecule has 3 aliphatic carbocycles. The summed E-state index contributed by atoms with van der Waals surface area (Å²) in [6.45, 7) is 2.06. The molecule has 0 saturated heterocycles. The second kappa shape index (κ2) is 2.95. The zero-order valence-corrected chi connectivity index (χ0v) is 9.91. The first-order valence-electron chi connectivity index (χ1n) is 6.15. The van der Waals surface area contributed by atoms with Gasteiger partial charge in [-0.3, -0.25) is 9.59 Å². The van der Waals surface area contributed by atoms with E-state index in [1.54, 1.807) is 7.11 Å². The standard InChI is InChI=1S/C13H18O3/c1-12-4-3-5-13(12)8(7-10(12)15)6-9(14)11(13)16-2/h8,11H,3-7H2,1-2H3/t8-,11-,12-,13+/m0/s1. The summed E-state index contributed by atoms with van der Waals surface area (Å²) in [7, 11) is 1.61. The van der Waals surface area contributed by atoms with Gasteiger partial charge in [0.1, 0.15) is 11.9 Å². The molecule has 3 aliphatic rings. The molecule has 0 heterocycles. The fraction of sp³-hybridized carbons (Fsp3) is 0.846. The highest BCUT2D eigenvalue weighted by molar-refractivity contribution is 5.96. The lowest BCUT2D eigenvalue weighted by Crippen LogP contribution is -2.46. The van der Waals surface area contributed by atoms with Crippen LogP contribution in [0.4, 0.5) is 0 Å². The molecule has 0 amide bonds. The van der Waals surface area contributed by atoms with Crippen LogP contribution in [0.2, 0.25) is 0 Å². The molecule has 1 spiro atoms. The average molecular weight is 222 g/mol. The molecule has 0 aromatic heterocycles. The van der Waals surface area contributed by atoms with E-state index in [0.717, 1.165) is 19.3 Å². The number of carbonyl (C=O) groups excluding carboxylic acids is 2. The molecule has 3 fully saturated rings. The van der Waals surface area contributed by atoms with Crippen molar-refractivity contribution in [2.75, 3.05) is 7.11 Å². The van der Waals surface area contributed by atoms with Crippen molar-refractivity contribution in [1.82, 2.24) is 0 Å². The Morgan fingerprint density at radius 1 is 1.25 bits per heavy atom. The maximum absolute atomic E-state index is 12.2. The quantitative estimate of drug-likeness (QED) is 0.678. The SMILES string of the molecule is CO[C@H]1C(=O)C[C@H]2CC(=O)[C@]3(C)CCC[C@@]213. The summed E-state index contributed by atoms with van der Waals surface area (Å²) in [6, 6.07) is 0. The van der Waals surface area contributed by atoms with Crippen LogP contribution in [-0.4, -0.2) is 24.8 Å². The summed E-state index contributed by atoms with van der Waals surface area (Å²) in [6.07, 6.45) is 3.82. The van der Waals surface area contributed by atoms with Gasteiger partial charge in [-0.1, -0.05) is 13.3 Å². The summed E-state index contributed by atoms with van der Waals surface area (Å²) >= 11 is 0. The van der Waals surface area contributed by atoms with Gasteiger partial charge < -0.3 is 4.74 Å². The summed E-state index contributed by atoms with van der Waals surface area (Å²) in [4.78, 5) is 24.2. The van der Waals surface area contributed by atoms with Crippen LogP contribution in [0.15, 0.2) is 0 Å². The molecule has 16 heavy (non-hydrogen) atoms.